The standard InChI is InChI=1S/C14H14BrNO/c1-10-7-13(17)8-11(2)16(10)9-12-5-3-4-6-14(12)15/h3-8H,9H2,1-2H3. The lowest BCUT2D eigenvalue weighted by Crippen LogP contribution is -2.13. The van der Waals surface area contributed by atoms with Gasteiger partial charge in [-0.2, -0.15) is 0 Å². The normalized spacial score (nSPS) is 10.5. The number of hydrogen-bond acceptors (Lipinski definition) is 1. The van der Waals surface area contributed by atoms with Gasteiger partial charge in [-0.15, -0.1) is 0 Å². The van der Waals surface area contributed by atoms with Gasteiger partial charge in [0, 0.05) is 34.5 Å². The van der Waals surface area contributed by atoms with Gasteiger partial charge in [-0.1, -0.05) is 34.1 Å². The fourth-order valence-electron chi connectivity index (χ4n) is 1.93. The van der Waals surface area contributed by atoms with E-state index >= 15 is 0 Å². The number of rotatable bonds is 2. The van der Waals surface area contributed by atoms with Crippen molar-refractivity contribution in [3.8, 4) is 0 Å². The second-order valence-electron chi connectivity index (χ2n) is 4.15. The summed E-state index contributed by atoms with van der Waals surface area (Å²) in [5.74, 6) is 0. The molecule has 0 fully saturated rings. The van der Waals surface area contributed by atoms with Crippen molar-refractivity contribution >= 4 is 15.9 Å². The highest BCUT2D eigenvalue weighted by Gasteiger charge is 2.04. The summed E-state index contributed by atoms with van der Waals surface area (Å²) < 4.78 is 3.24. The van der Waals surface area contributed by atoms with Gasteiger partial charge in [0.1, 0.15) is 0 Å². The maximum atomic E-state index is 11.4. The van der Waals surface area contributed by atoms with Crippen molar-refractivity contribution in [1.82, 2.24) is 4.57 Å². The minimum atomic E-state index is 0.0726. The van der Waals surface area contributed by atoms with Crippen LogP contribution in [0.5, 0.6) is 0 Å². The Kier molecular flexibility index (Phi) is 3.48. The third-order valence-electron chi connectivity index (χ3n) is 2.84. The van der Waals surface area contributed by atoms with Gasteiger partial charge in [0.15, 0.2) is 5.43 Å². The molecule has 0 amide bonds. The Morgan fingerprint density at radius 2 is 1.71 bits per heavy atom. The molecule has 0 N–H and O–H groups in total. The van der Waals surface area contributed by atoms with Crippen LogP contribution in [0.25, 0.3) is 0 Å². The quantitative estimate of drug-likeness (QED) is 0.832. The smallest absolute Gasteiger partial charge is 0.182 e. The Morgan fingerprint density at radius 1 is 1.12 bits per heavy atom. The first-order valence-corrected chi connectivity index (χ1v) is 6.29. The molecule has 0 bridgehead atoms. The van der Waals surface area contributed by atoms with Crippen molar-refractivity contribution in [2.45, 2.75) is 20.4 Å². The fourth-order valence-corrected chi connectivity index (χ4v) is 2.34. The van der Waals surface area contributed by atoms with Crippen LogP contribution >= 0.6 is 15.9 Å². The molecule has 1 heterocycles. The van der Waals surface area contributed by atoms with E-state index < -0.39 is 0 Å². The highest BCUT2D eigenvalue weighted by molar-refractivity contribution is 9.10. The minimum absolute atomic E-state index is 0.0726. The number of halogens is 1. The van der Waals surface area contributed by atoms with E-state index in [-0.39, 0.29) is 5.43 Å². The molecule has 2 rings (SSSR count). The lowest BCUT2D eigenvalue weighted by atomic mass is 10.2. The van der Waals surface area contributed by atoms with Gasteiger partial charge >= 0.3 is 0 Å². The predicted octanol–water partition coefficient (Wildman–Crippen LogP) is 3.28. The summed E-state index contributed by atoms with van der Waals surface area (Å²) in [4.78, 5) is 11.4. The molecule has 1 aromatic carbocycles. The number of aryl methyl sites for hydroxylation is 2. The predicted molar refractivity (Wildman–Crippen MR) is 73.4 cm³/mol. The minimum Gasteiger partial charge on any atom is -0.345 e. The summed E-state index contributed by atoms with van der Waals surface area (Å²) in [7, 11) is 0. The van der Waals surface area contributed by atoms with Crippen molar-refractivity contribution in [2.24, 2.45) is 0 Å². The summed E-state index contributed by atoms with van der Waals surface area (Å²) in [5, 5.41) is 0. The van der Waals surface area contributed by atoms with Crippen LogP contribution < -0.4 is 5.43 Å². The first-order chi connectivity index (χ1) is 8.08. The summed E-state index contributed by atoms with van der Waals surface area (Å²) >= 11 is 3.54. The monoisotopic (exact) mass is 291 g/mol. The van der Waals surface area contributed by atoms with E-state index in [0.717, 1.165) is 22.4 Å². The first kappa shape index (κ1) is 12.1. The molecule has 0 saturated carbocycles. The largest absolute Gasteiger partial charge is 0.345 e. The zero-order valence-corrected chi connectivity index (χ0v) is 11.5. The Morgan fingerprint density at radius 3 is 2.29 bits per heavy atom. The third-order valence-corrected chi connectivity index (χ3v) is 3.61. The highest BCUT2D eigenvalue weighted by Crippen LogP contribution is 2.18. The molecular formula is C14H14BrNO. The Balaban J connectivity index is 2.44. The topological polar surface area (TPSA) is 22.0 Å². The zero-order valence-electron chi connectivity index (χ0n) is 9.90. The molecule has 0 radical (unpaired) electrons. The summed E-state index contributed by atoms with van der Waals surface area (Å²) in [6.45, 7) is 4.70. The van der Waals surface area contributed by atoms with Gasteiger partial charge in [-0.25, -0.2) is 0 Å². The van der Waals surface area contributed by atoms with Crippen LogP contribution in [0.2, 0.25) is 0 Å². The average molecular weight is 292 g/mol. The molecule has 3 heteroatoms. The van der Waals surface area contributed by atoms with Crippen molar-refractivity contribution in [3.63, 3.8) is 0 Å². The van der Waals surface area contributed by atoms with Gasteiger partial charge in [0.25, 0.3) is 0 Å². The van der Waals surface area contributed by atoms with Crippen LogP contribution in [0.15, 0.2) is 45.7 Å². The van der Waals surface area contributed by atoms with Gasteiger partial charge < -0.3 is 4.57 Å². The van der Waals surface area contributed by atoms with Crippen molar-refractivity contribution in [2.75, 3.05) is 0 Å². The molecule has 0 atom stereocenters. The summed E-state index contributed by atoms with van der Waals surface area (Å²) in [6.07, 6.45) is 0. The number of aromatic nitrogens is 1. The zero-order chi connectivity index (χ0) is 12.4. The van der Waals surface area contributed by atoms with Gasteiger partial charge in [0.2, 0.25) is 0 Å². The number of pyridine rings is 1. The number of benzene rings is 1. The van der Waals surface area contributed by atoms with Gasteiger partial charge in [-0.3, -0.25) is 4.79 Å². The van der Waals surface area contributed by atoms with Crippen LogP contribution in [0, 0.1) is 13.8 Å². The second kappa shape index (κ2) is 4.88. The van der Waals surface area contributed by atoms with E-state index in [1.807, 2.05) is 32.0 Å². The maximum Gasteiger partial charge on any atom is 0.182 e. The summed E-state index contributed by atoms with van der Waals surface area (Å²) in [5.41, 5.74) is 3.27. The molecule has 0 aliphatic heterocycles. The lowest BCUT2D eigenvalue weighted by molar-refractivity contribution is 0.726. The first-order valence-electron chi connectivity index (χ1n) is 5.49. The van der Waals surface area contributed by atoms with E-state index in [4.69, 9.17) is 0 Å². The van der Waals surface area contributed by atoms with Crippen molar-refractivity contribution < 1.29 is 0 Å². The Bertz CT molecular complexity index is 575. The number of nitrogens with zero attached hydrogens (tertiary/aromatic N) is 1. The van der Waals surface area contributed by atoms with E-state index in [9.17, 15) is 4.79 Å². The number of hydrogen-bond donors (Lipinski definition) is 0. The lowest BCUT2D eigenvalue weighted by Gasteiger charge is -2.15. The molecule has 17 heavy (non-hydrogen) atoms. The van der Waals surface area contributed by atoms with Crippen LogP contribution in [-0.2, 0) is 6.54 Å². The molecule has 88 valence electrons. The molecule has 0 saturated heterocycles. The van der Waals surface area contributed by atoms with Gasteiger partial charge in [0.05, 0.1) is 0 Å². The van der Waals surface area contributed by atoms with E-state index in [0.29, 0.717) is 0 Å². The van der Waals surface area contributed by atoms with E-state index in [1.54, 1.807) is 12.1 Å². The Labute approximate surface area is 109 Å². The van der Waals surface area contributed by atoms with E-state index in [1.165, 1.54) is 5.56 Å². The maximum absolute atomic E-state index is 11.4. The second-order valence-corrected chi connectivity index (χ2v) is 5.01. The third kappa shape index (κ3) is 2.67. The fraction of sp³-hybridized carbons (Fsp3) is 0.214. The van der Waals surface area contributed by atoms with Crippen LogP contribution in [0.1, 0.15) is 17.0 Å². The molecular weight excluding hydrogens is 278 g/mol. The van der Waals surface area contributed by atoms with E-state index in [2.05, 4.69) is 26.6 Å². The van der Waals surface area contributed by atoms with Crippen LogP contribution in [0.4, 0.5) is 0 Å². The molecule has 0 spiro atoms. The van der Waals surface area contributed by atoms with Gasteiger partial charge in [-0.05, 0) is 25.5 Å². The molecule has 0 aliphatic carbocycles. The van der Waals surface area contributed by atoms with Crippen LogP contribution in [0.3, 0.4) is 0 Å². The molecule has 0 aliphatic rings. The molecule has 2 aromatic rings. The molecule has 0 unspecified atom stereocenters. The SMILES string of the molecule is Cc1cc(=O)cc(C)n1Cc1ccccc1Br. The van der Waals surface area contributed by atoms with Crippen molar-refractivity contribution in [3.05, 3.63) is 68.0 Å². The van der Waals surface area contributed by atoms with Crippen LogP contribution in [-0.4, -0.2) is 4.57 Å². The summed E-state index contributed by atoms with van der Waals surface area (Å²) in [6, 6.07) is 11.5. The Hall–Kier alpha value is -1.35. The molecule has 1 aromatic heterocycles. The highest BCUT2D eigenvalue weighted by atomic mass is 79.9. The average Bonchev–Trinajstić information content (AvgIpc) is 2.25. The molecule has 2 nitrogen and oxygen atoms in total. The van der Waals surface area contributed by atoms with Crippen molar-refractivity contribution in [1.29, 1.82) is 0 Å².